The Bertz CT molecular complexity index is 1010. The van der Waals surface area contributed by atoms with Crippen LogP contribution in [0.15, 0.2) is 47.4 Å². The molecule has 9 nitrogen and oxygen atoms in total. The number of nitro groups is 1. The first-order valence-electron chi connectivity index (χ1n) is 9.82. The zero-order valence-corrected chi connectivity index (χ0v) is 17.6. The van der Waals surface area contributed by atoms with Gasteiger partial charge < -0.3 is 15.2 Å². The van der Waals surface area contributed by atoms with Gasteiger partial charge in [-0.15, -0.1) is 0 Å². The molecular weight excluding hydrogens is 429 g/mol. The van der Waals surface area contributed by atoms with Crippen LogP contribution in [0.2, 0.25) is 0 Å². The number of benzene rings is 2. The van der Waals surface area contributed by atoms with E-state index < -0.39 is 26.7 Å². The molecule has 1 atom stereocenters. The topological polar surface area (TPSA) is 122 Å². The van der Waals surface area contributed by atoms with Crippen LogP contribution in [0.25, 0.3) is 0 Å². The van der Waals surface area contributed by atoms with Gasteiger partial charge in [0, 0.05) is 32.2 Å². The molecule has 1 aliphatic heterocycles. The summed E-state index contributed by atoms with van der Waals surface area (Å²) in [5.74, 6) is -0.457. The molecule has 0 bridgehead atoms. The van der Waals surface area contributed by atoms with Crippen LogP contribution in [-0.2, 0) is 16.6 Å². The van der Waals surface area contributed by atoms with E-state index in [1.807, 2.05) is 0 Å². The lowest BCUT2D eigenvalue weighted by Gasteiger charge is -2.16. The standard InChI is InChI=1S/C20H24FN3O6S/c21-16-5-3-15(4-6-16)12-22-13-17(25)14-30-20-8-7-18(11-19(20)24(26)27)31(28,29)23-9-1-2-10-23/h3-8,11,17,22,25H,1-2,9-10,12-14H2. The quantitative estimate of drug-likeness (QED) is 0.417. The summed E-state index contributed by atoms with van der Waals surface area (Å²) in [5.41, 5.74) is 0.353. The Morgan fingerprint density at radius 2 is 1.87 bits per heavy atom. The van der Waals surface area contributed by atoms with Crippen molar-refractivity contribution in [1.29, 1.82) is 0 Å². The third kappa shape index (κ3) is 5.97. The van der Waals surface area contributed by atoms with Gasteiger partial charge >= 0.3 is 5.69 Å². The molecule has 11 heteroatoms. The lowest BCUT2D eigenvalue weighted by atomic mass is 10.2. The minimum absolute atomic E-state index is 0.122. The van der Waals surface area contributed by atoms with Gasteiger partial charge in [0.1, 0.15) is 18.5 Å². The van der Waals surface area contributed by atoms with E-state index in [2.05, 4.69) is 5.32 Å². The van der Waals surface area contributed by atoms with Crippen LogP contribution in [0, 0.1) is 15.9 Å². The Kier molecular flexibility index (Phi) is 7.55. The molecule has 1 saturated heterocycles. The zero-order valence-electron chi connectivity index (χ0n) is 16.7. The summed E-state index contributed by atoms with van der Waals surface area (Å²) >= 11 is 0. The number of ether oxygens (including phenoxy) is 1. The van der Waals surface area contributed by atoms with E-state index in [0.29, 0.717) is 19.6 Å². The summed E-state index contributed by atoms with van der Waals surface area (Å²) in [6.07, 6.45) is 0.554. The fourth-order valence-corrected chi connectivity index (χ4v) is 4.77. The van der Waals surface area contributed by atoms with E-state index in [1.54, 1.807) is 12.1 Å². The van der Waals surface area contributed by atoms with Gasteiger partial charge in [0.25, 0.3) is 0 Å². The highest BCUT2D eigenvalue weighted by Gasteiger charge is 2.30. The van der Waals surface area contributed by atoms with Gasteiger partial charge in [-0.1, -0.05) is 12.1 Å². The van der Waals surface area contributed by atoms with E-state index in [4.69, 9.17) is 4.74 Å². The second-order valence-corrected chi connectivity index (χ2v) is 9.16. The van der Waals surface area contributed by atoms with Gasteiger partial charge in [-0.05, 0) is 42.7 Å². The molecular formula is C20H24FN3O6S. The van der Waals surface area contributed by atoms with Crippen LogP contribution in [0.1, 0.15) is 18.4 Å². The van der Waals surface area contributed by atoms with Gasteiger partial charge in [0.05, 0.1) is 9.82 Å². The number of nitrogens with zero attached hydrogens (tertiary/aromatic N) is 2. The minimum atomic E-state index is -3.79. The van der Waals surface area contributed by atoms with Crippen molar-refractivity contribution in [2.45, 2.75) is 30.4 Å². The molecule has 168 valence electrons. The van der Waals surface area contributed by atoms with E-state index in [-0.39, 0.29) is 29.6 Å². The molecule has 1 aliphatic rings. The first kappa shape index (κ1) is 23.1. The van der Waals surface area contributed by atoms with Gasteiger partial charge in [-0.3, -0.25) is 10.1 Å². The van der Waals surface area contributed by atoms with Crippen molar-refractivity contribution >= 4 is 15.7 Å². The molecule has 2 aromatic rings. The Hall–Kier alpha value is -2.60. The molecule has 0 amide bonds. The zero-order chi connectivity index (χ0) is 22.4. The molecule has 2 aromatic carbocycles. The molecule has 1 heterocycles. The normalized spacial score (nSPS) is 15.7. The molecule has 31 heavy (non-hydrogen) atoms. The summed E-state index contributed by atoms with van der Waals surface area (Å²) < 4.78 is 44.9. The number of nitro benzene ring substituents is 1. The summed E-state index contributed by atoms with van der Waals surface area (Å²) in [6, 6.07) is 9.41. The Morgan fingerprint density at radius 3 is 2.52 bits per heavy atom. The monoisotopic (exact) mass is 453 g/mol. The van der Waals surface area contributed by atoms with Crippen molar-refractivity contribution in [2.24, 2.45) is 0 Å². The molecule has 0 saturated carbocycles. The largest absolute Gasteiger partial charge is 0.484 e. The Morgan fingerprint density at radius 1 is 1.19 bits per heavy atom. The fraction of sp³-hybridized carbons (Fsp3) is 0.400. The number of aliphatic hydroxyl groups excluding tert-OH is 1. The first-order chi connectivity index (χ1) is 14.8. The number of hydrogen-bond acceptors (Lipinski definition) is 7. The molecule has 1 unspecified atom stereocenters. The van der Waals surface area contributed by atoms with E-state index >= 15 is 0 Å². The summed E-state index contributed by atoms with van der Waals surface area (Å²) in [7, 11) is -3.79. The number of sulfonamides is 1. The fourth-order valence-electron chi connectivity index (χ4n) is 3.23. The second kappa shape index (κ2) is 10.1. The van der Waals surface area contributed by atoms with Crippen molar-refractivity contribution in [1.82, 2.24) is 9.62 Å². The average Bonchev–Trinajstić information content (AvgIpc) is 3.29. The van der Waals surface area contributed by atoms with Gasteiger partial charge in [-0.2, -0.15) is 4.31 Å². The maximum atomic E-state index is 12.9. The van der Waals surface area contributed by atoms with Crippen LogP contribution >= 0.6 is 0 Å². The van der Waals surface area contributed by atoms with Crippen LogP contribution in [0.4, 0.5) is 10.1 Å². The third-order valence-electron chi connectivity index (χ3n) is 4.88. The molecule has 0 spiro atoms. The highest BCUT2D eigenvalue weighted by Crippen LogP contribution is 2.31. The number of aliphatic hydroxyl groups is 1. The average molecular weight is 453 g/mol. The highest BCUT2D eigenvalue weighted by atomic mass is 32.2. The lowest BCUT2D eigenvalue weighted by molar-refractivity contribution is -0.386. The number of nitrogens with one attached hydrogen (secondary N) is 1. The van der Waals surface area contributed by atoms with Crippen molar-refractivity contribution in [3.05, 3.63) is 64.0 Å². The Labute approximate surface area is 179 Å². The maximum absolute atomic E-state index is 12.9. The van der Waals surface area contributed by atoms with Crippen molar-refractivity contribution in [3.8, 4) is 5.75 Å². The number of hydrogen-bond donors (Lipinski definition) is 2. The molecule has 2 N–H and O–H groups in total. The van der Waals surface area contributed by atoms with Crippen molar-refractivity contribution < 1.29 is 27.6 Å². The number of rotatable bonds is 10. The smallest absolute Gasteiger partial charge is 0.312 e. The van der Waals surface area contributed by atoms with Crippen LogP contribution < -0.4 is 10.1 Å². The van der Waals surface area contributed by atoms with Crippen molar-refractivity contribution in [3.63, 3.8) is 0 Å². The van der Waals surface area contributed by atoms with Crippen LogP contribution in [-0.4, -0.2) is 55.1 Å². The predicted octanol–water partition coefficient (Wildman–Crippen LogP) is 2.05. The highest BCUT2D eigenvalue weighted by molar-refractivity contribution is 7.89. The SMILES string of the molecule is O=[N+]([O-])c1cc(S(=O)(=O)N2CCCC2)ccc1OCC(O)CNCc1ccc(F)cc1. The molecule has 0 aromatic heterocycles. The van der Waals surface area contributed by atoms with Crippen molar-refractivity contribution in [2.75, 3.05) is 26.2 Å². The Balaban J connectivity index is 1.59. The van der Waals surface area contributed by atoms with E-state index in [9.17, 15) is 28.0 Å². The lowest BCUT2D eigenvalue weighted by Crippen LogP contribution is -2.31. The molecule has 0 radical (unpaired) electrons. The molecule has 0 aliphatic carbocycles. The number of halogens is 1. The first-order valence-corrected chi connectivity index (χ1v) is 11.3. The van der Waals surface area contributed by atoms with Gasteiger partial charge in [0.2, 0.25) is 10.0 Å². The van der Waals surface area contributed by atoms with Crippen LogP contribution in [0.5, 0.6) is 5.75 Å². The predicted molar refractivity (Wildman–Crippen MR) is 111 cm³/mol. The van der Waals surface area contributed by atoms with Gasteiger partial charge in [0.15, 0.2) is 5.75 Å². The van der Waals surface area contributed by atoms with E-state index in [1.165, 1.54) is 28.6 Å². The van der Waals surface area contributed by atoms with Crippen LogP contribution in [0.3, 0.4) is 0 Å². The minimum Gasteiger partial charge on any atom is -0.484 e. The summed E-state index contributed by atoms with van der Waals surface area (Å²) in [6.45, 7) is 1.11. The van der Waals surface area contributed by atoms with Gasteiger partial charge in [-0.25, -0.2) is 12.8 Å². The maximum Gasteiger partial charge on any atom is 0.312 e. The summed E-state index contributed by atoms with van der Waals surface area (Å²) in [5, 5.41) is 24.5. The second-order valence-electron chi connectivity index (χ2n) is 7.22. The van der Waals surface area contributed by atoms with E-state index in [0.717, 1.165) is 24.5 Å². The summed E-state index contributed by atoms with van der Waals surface area (Å²) in [4.78, 5) is 10.6. The molecule has 1 fully saturated rings. The molecule has 3 rings (SSSR count). The third-order valence-corrected chi connectivity index (χ3v) is 6.78.